The molecule has 0 aromatic rings. The van der Waals surface area contributed by atoms with Crippen LogP contribution in [0.4, 0.5) is 0 Å². The molecular formula is C10H19NO6S2. The quantitative estimate of drug-likeness (QED) is 0.607. The van der Waals surface area contributed by atoms with Crippen LogP contribution in [-0.4, -0.2) is 64.6 Å². The Morgan fingerprint density at radius 2 is 2.05 bits per heavy atom. The van der Waals surface area contributed by atoms with Gasteiger partial charge in [-0.2, -0.15) is 0 Å². The van der Waals surface area contributed by atoms with Gasteiger partial charge < -0.3 is 4.74 Å². The highest BCUT2D eigenvalue weighted by Crippen LogP contribution is 2.19. The van der Waals surface area contributed by atoms with Crippen molar-refractivity contribution in [1.82, 2.24) is 4.31 Å². The van der Waals surface area contributed by atoms with E-state index < -0.39 is 31.9 Å². The highest BCUT2D eigenvalue weighted by atomic mass is 32.2. The molecule has 112 valence electrons. The molecule has 0 spiro atoms. The smallest absolute Gasteiger partial charge is 0.305 e. The first-order valence-electron chi connectivity index (χ1n) is 5.91. The van der Waals surface area contributed by atoms with Gasteiger partial charge in [-0.15, -0.1) is 0 Å². The lowest BCUT2D eigenvalue weighted by Gasteiger charge is -2.22. The van der Waals surface area contributed by atoms with E-state index in [-0.39, 0.29) is 30.1 Å². The Bertz CT molecular complexity index is 524. The van der Waals surface area contributed by atoms with Gasteiger partial charge in [-0.3, -0.25) is 4.79 Å². The predicted molar refractivity (Wildman–Crippen MR) is 69.9 cm³/mol. The average molecular weight is 313 g/mol. The monoisotopic (exact) mass is 313 g/mol. The first kappa shape index (κ1) is 16.4. The zero-order chi connectivity index (χ0) is 14.7. The van der Waals surface area contributed by atoms with Crippen molar-refractivity contribution < 1.29 is 26.4 Å². The Morgan fingerprint density at radius 3 is 2.53 bits per heavy atom. The molecule has 0 radical (unpaired) electrons. The molecule has 0 aromatic carbocycles. The SMILES string of the molecule is COC(=O)CCCS(=O)(=O)N(C)C1CCS(=O)(=O)C1. The molecule has 1 rings (SSSR count). The summed E-state index contributed by atoms with van der Waals surface area (Å²) in [6, 6.07) is -0.492. The fourth-order valence-corrected chi connectivity index (χ4v) is 5.23. The minimum atomic E-state index is -3.54. The molecule has 0 N–H and O–H groups in total. The lowest BCUT2D eigenvalue weighted by atomic mass is 10.3. The molecule has 1 saturated heterocycles. The first-order chi connectivity index (χ1) is 8.68. The normalized spacial score (nSPS) is 22.6. The number of esters is 1. The van der Waals surface area contributed by atoms with Crippen LogP contribution in [0, 0.1) is 0 Å². The molecule has 1 aliphatic heterocycles. The summed E-state index contributed by atoms with van der Waals surface area (Å²) >= 11 is 0. The second kappa shape index (κ2) is 6.19. The summed E-state index contributed by atoms with van der Waals surface area (Å²) in [5, 5.41) is 0. The van der Waals surface area contributed by atoms with Gasteiger partial charge in [-0.25, -0.2) is 21.1 Å². The third kappa shape index (κ3) is 4.73. The van der Waals surface area contributed by atoms with Gasteiger partial charge in [0.25, 0.3) is 0 Å². The molecule has 1 aliphatic rings. The lowest BCUT2D eigenvalue weighted by Crippen LogP contribution is -2.39. The molecule has 0 saturated carbocycles. The predicted octanol–water partition coefficient (Wildman–Crippen LogP) is -0.612. The van der Waals surface area contributed by atoms with Gasteiger partial charge in [0.2, 0.25) is 10.0 Å². The van der Waals surface area contributed by atoms with E-state index >= 15 is 0 Å². The van der Waals surface area contributed by atoms with Crippen molar-refractivity contribution in [3.8, 4) is 0 Å². The number of methoxy groups -OCH3 is 1. The number of ether oxygens (including phenoxy) is 1. The Labute approximate surface area is 113 Å². The third-order valence-electron chi connectivity index (χ3n) is 3.17. The first-order valence-corrected chi connectivity index (χ1v) is 9.34. The van der Waals surface area contributed by atoms with Crippen LogP contribution in [0.25, 0.3) is 0 Å². The van der Waals surface area contributed by atoms with E-state index in [9.17, 15) is 21.6 Å². The number of hydrogen-bond acceptors (Lipinski definition) is 6. The van der Waals surface area contributed by atoms with Gasteiger partial charge >= 0.3 is 5.97 Å². The van der Waals surface area contributed by atoms with Gasteiger partial charge in [0.05, 0.1) is 24.4 Å². The third-order valence-corrected chi connectivity index (χ3v) is 6.90. The van der Waals surface area contributed by atoms with Gasteiger partial charge in [-0.05, 0) is 12.8 Å². The van der Waals surface area contributed by atoms with Crippen LogP contribution in [-0.2, 0) is 29.4 Å². The lowest BCUT2D eigenvalue weighted by molar-refractivity contribution is -0.140. The number of rotatable bonds is 6. The van der Waals surface area contributed by atoms with Gasteiger partial charge in [0.1, 0.15) is 0 Å². The van der Waals surface area contributed by atoms with Crippen molar-refractivity contribution in [3.05, 3.63) is 0 Å². The maximum atomic E-state index is 12.0. The topological polar surface area (TPSA) is 97.8 Å². The van der Waals surface area contributed by atoms with Crippen LogP contribution in [0.2, 0.25) is 0 Å². The molecule has 0 amide bonds. The van der Waals surface area contributed by atoms with E-state index in [0.717, 1.165) is 4.31 Å². The van der Waals surface area contributed by atoms with Gasteiger partial charge in [-0.1, -0.05) is 0 Å². The molecule has 19 heavy (non-hydrogen) atoms. The highest BCUT2D eigenvalue weighted by Gasteiger charge is 2.35. The molecule has 0 aromatic heterocycles. The number of sulfonamides is 1. The largest absolute Gasteiger partial charge is 0.469 e. The summed E-state index contributed by atoms with van der Waals surface area (Å²) in [5.74, 6) is -0.740. The zero-order valence-corrected chi connectivity index (χ0v) is 12.7. The van der Waals surface area contributed by atoms with Gasteiger partial charge in [0.15, 0.2) is 9.84 Å². The average Bonchev–Trinajstić information content (AvgIpc) is 2.68. The summed E-state index contributed by atoms with van der Waals surface area (Å²) in [6.45, 7) is 0. The van der Waals surface area contributed by atoms with Crippen LogP contribution < -0.4 is 0 Å². The second-order valence-electron chi connectivity index (χ2n) is 4.57. The Balaban J connectivity index is 2.55. The van der Waals surface area contributed by atoms with Crippen LogP contribution in [0.15, 0.2) is 0 Å². The molecule has 0 bridgehead atoms. The number of nitrogens with zero attached hydrogens (tertiary/aromatic N) is 1. The van der Waals surface area contributed by atoms with Crippen molar-refractivity contribution in [2.75, 3.05) is 31.4 Å². The van der Waals surface area contributed by atoms with Crippen molar-refractivity contribution in [3.63, 3.8) is 0 Å². The minimum absolute atomic E-state index is 0.0275. The summed E-state index contributed by atoms with van der Waals surface area (Å²) in [5.41, 5.74) is 0. The molecule has 7 nitrogen and oxygen atoms in total. The molecule has 9 heteroatoms. The molecular weight excluding hydrogens is 294 g/mol. The maximum Gasteiger partial charge on any atom is 0.305 e. The number of carbonyl (C=O) groups excluding carboxylic acids is 1. The highest BCUT2D eigenvalue weighted by molar-refractivity contribution is 7.92. The Kier molecular flexibility index (Phi) is 5.34. The summed E-state index contributed by atoms with van der Waals surface area (Å²) in [4.78, 5) is 10.9. The summed E-state index contributed by atoms with van der Waals surface area (Å²) in [7, 11) is -4.03. The maximum absolute atomic E-state index is 12.0. The fraction of sp³-hybridized carbons (Fsp3) is 0.900. The van der Waals surface area contributed by atoms with Crippen LogP contribution in [0.5, 0.6) is 0 Å². The standard InChI is InChI=1S/C10H19NO6S2/c1-11(9-5-7-18(13,14)8-9)19(15,16)6-3-4-10(12)17-2/h9H,3-8H2,1-2H3. The van der Waals surface area contributed by atoms with Crippen LogP contribution >= 0.6 is 0 Å². The van der Waals surface area contributed by atoms with Crippen LogP contribution in [0.1, 0.15) is 19.3 Å². The van der Waals surface area contributed by atoms with Crippen molar-refractivity contribution in [1.29, 1.82) is 0 Å². The number of sulfone groups is 1. The van der Waals surface area contributed by atoms with Crippen LogP contribution in [0.3, 0.4) is 0 Å². The summed E-state index contributed by atoms with van der Waals surface area (Å²) < 4.78 is 52.2. The fourth-order valence-electron chi connectivity index (χ4n) is 1.93. The molecule has 1 heterocycles. The molecule has 0 aliphatic carbocycles. The summed E-state index contributed by atoms with van der Waals surface area (Å²) in [6.07, 6.45) is 0.528. The van der Waals surface area contributed by atoms with Crippen molar-refractivity contribution >= 4 is 25.8 Å². The molecule has 1 unspecified atom stereocenters. The van der Waals surface area contributed by atoms with E-state index in [4.69, 9.17) is 0 Å². The van der Waals surface area contributed by atoms with E-state index in [1.807, 2.05) is 0 Å². The second-order valence-corrected chi connectivity index (χ2v) is 8.95. The Hall–Kier alpha value is -0.670. The molecule has 1 fully saturated rings. The van der Waals surface area contributed by atoms with Gasteiger partial charge in [0, 0.05) is 19.5 Å². The minimum Gasteiger partial charge on any atom is -0.469 e. The van der Waals surface area contributed by atoms with E-state index in [2.05, 4.69) is 4.74 Å². The number of carbonyl (C=O) groups is 1. The molecule has 1 atom stereocenters. The van der Waals surface area contributed by atoms with E-state index in [0.29, 0.717) is 6.42 Å². The van der Waals surface area contributed by atoms with Crippen molar-refractivity contribution in [2.24, 2.45) is 0 Å². The van der Waals surface area contributed by atoms with Crippen molar-refractivity contribution in [2.45, 2.75) is 25.3 Å². The number of hydrogen-bond donors (Lipinski definition) is 0. The Morgan fingerprint density at radius 1 is 1.42 bits per heavy atom. The van der Waals surface area contributed by atoms with E-state index in [1.54, 1.807) is 0 Å². The zero-order valence-electron chi connectivity index (χ0n) is 11.0. The van der Waals surface area contributed by atoms with E-state index in [1.165, 1.54) is 14.2 Å².